The summed E-state index contributed by atoms with van der Waals surface area (Å²) in [5, 5.41) is 5.28. The van der Waals surface area contributed by atoms with Crippen molar-refractivity contribution in [1.82, 2.24) is 15.2 Å². The third-order valence-corrected chi connectivity index (χ3v) is 5.18. The maximum Gasteiger partial charge on any atom is 0.280 e. The summed E-state index contributed by atoms with van der Waals surface area (Å²) in [6.07, 6.45) is 0.442. The van der Waals surface area contributed by atoms with Crippen molar-refractivity contribution in [3.8, 4) is 0 Å². The van der Waals surface area contributed by atoms with Gasteiger partial charge in [-0.2, -0.15) is 0 Å². The van der Waals surface area contributed by atoms with Gasteiger partial charge in [0, 0.05) is 30.6 Å². The van der Waals surface area contributed by atoms with E-state index in [4.69, 9.17) is 4.74 Å². The highest BCUT2D eigenvalue weighted by molar-refractivity contribution is 9.10. The van der Waals surface area contributed by atoms with Crippen LogP contribution in [0.25, 0.3) is 0 Å². The number of nitrogens with zero attached hydrogens (tertiary/aromatic N) is 2. The monoisotopic (exact) mass is 375 g/mol. The van der Waals surface area contributed by atoms with Gasteiger partial charge in [0.05, 0.1) is 12.2 Å². The summed E-state index contributed by atoms with van der Waals surface area (Å²) in [4.78, 5) is 18.6. The van der Waals surface area contributed by atoms with Crippen LogP contribution in [-0.2, 0) is 4.74 Å². The molecule has 1 aromatic heterocycles. The zero-order chi connectivity index (χ0) is 15.6. The minimum atomic E-state index is -0.117. The summed E-state index contributed by atoms with van der Waals surface area (Å²) >= 11 is 4.60. The van der Waals surface area contributed by atoms with E-state index in [1.165, 1.54) is 11.3 Å². The number of rotatable bonds is 4. The van der Waals surface area contributed by atoms with Gasteiger partial charge in [0.15, 0.2) is 5.01 Å². The quantitative estimate of drug-likeness (QED) is 0.878. The molecule has 1 fully saturated rings. The third-order valence-electron chi connectivity index (χ3n) is 3.63. The minimum Gasteiger partial charge on any atom is -0.373 e. The molecule has 1 amide bonds. The van der Waals surface area contributed by atoms with Gasteiger partial charge >= 0.3 is 0 Å². The van der Waals surface area contributed by atoms with Crippen LogP contribution in [0.1, 0.15) is 37.5 Å². The predicted molar refractivity (Wildman–Crippen MR) is 87.8 cm³/mol. The van der Waals surface area contributed by atoms with Crippen molar-refractivity contribution in [2.75, 3.05) is 19.6 Å². The maximum absolute atomic E-state index is 12.1. The summed E-state index contributed by atoms with van der Waals surface area (Å²) in [6, 6.07) is 0. The Labute approximate surface area is 138 Å². The molecule has 5 nitrogen and oxygen atoms in total. The number of ether oxygens (including phenoxy) is 1. The highest BCUT2D eigenvalue weighted by Crippen LogP contribution is 2.21. The number of hydrogen-bond acceptors (Lipinski definition) is 5. The molecule has 118 valence electrons. The lowest BCUT2D eigenvalue weighted by Crippen LogP contribution is -2.58. The fourth-order valence-electron chi connectivity index (χ4n) is 2.51. The molecule has 21 heavy (non-hydrogen) atoms. The van der Waals surface area contributed by atoms with Gasteiger partial charge in [-0.3, -0.25) is 9.69 Å². The summed E-state index contributed by atoms with van der Waals surface area (Å²) < 4.78 is 6.47. The van der Waals surface area contributed by atoms with Crippen LogP contribution < -0.4 is 5.32 Å². The molecule has 0 radical (unpaired) electrons. The van der Waals surface area contributed by atoms with E-state index in [0.717, 1.165) is 13.1 Å². The molecule has 0 bridgehead atoms. The lowest BCUT2D eigenvalue weighted by molar-refractivity contribution is -0.0948. The number of aromatic nitrogens is 1. The number of carbonyl (C=O) groups is 1. The second-order valence-electron chi connectivity index (χ2n) is 6.13. The second kappa shape index (κ2) is 6.73. The largest absolute Gasteiger partial charge is 0.373 e. The van der Waals surface area contributed by atoms with Crippen LogP contribution in [0.5, 0.6) is 0 Å². The smallest absolute Gasteiger partial charge is 0.280 e. The first-order valence-electron chi connectivity index (χ1n) is 7.07. The summed E-state index contributed by atoms with van der Waals surface area (Å²) in [5.41, 5.74) is -0.115. The molecule has 2 rings (SSSR count). The molecule has 1 saturated heterocycles. The number of nitrogens with one attached hydrogen (secondary N) is 1. The number of halogens is 1. The highest BCUT2D eigenvalue weighted by atomic mass is 79.9. The minimum absolute atomic E-state index is 0.115. The van der Waals surface area contributed by atoms with Crippen molar-refractivity contribution < 1.29 is 9.53 Å². The number of amides is 1. The third kappa shape index (κ3) is 4.48. The Balaban J connectivity index is 1.92. The SMILES string of the molecule is C[C@@H]1CN(C(C)(C)CNC(=O)c2nc(Br)cs2)C[C@H](C)O1. The van der Waals surface area contributed by atoms with E-state index in [1.54, 1.807) is 0 Å². The summed E-state index contributed by atoms with van der Waals surface area (Å²) in [7, 11) is 0. The van der Waals surface area contributed by atoms with E-state index >= 15 is 0 Å². The summed E-state index contributed by atoms with van der Waals surface area (Å²) in [5.74, 6) is -0.117. The van der Waals surface area contributed by atoms with Crippen molar-refractivity contribution in [2.24, 2.45) is 0 Å². The van der Waals surface area contributed by atoms with Crippen molar-refractivity contribution in [1.29, 1.82) is 0 Å². The summed E-state index contributed by atoms with van der Waals surface area (Å²) in [6.45, 7) is 10.8. The van der Waals surface area contributed by atoms with E-state index < -0.39 is 0 Å². The Morgan fingerprint density at radius 3 is 2.67 bits per heavy atom. The average Bonchev–Trinajstić information content (AvgIpc) is 2.82. The van der Waals surface area contributed by atoms with E-state index in [0.29, 0.717) is 16.2 Å². The van der Waals surface area contributed by atoms with Crippen molar-refractivity contribution >= 4 is 33.2 Å². The first kappa shape index (κ1) is 16.9. The van der Waals surface area contributed by atoms with Crippen LogP contribution in [0.2, 0.25) is 0 Å². The first-order chi connectivity index (χ1) is 9.78. The van der Waals surface area contributed by atoms with E-state index in [2.05, 4.69) is 58.8 Å². The molecule has 0 saturated carbocycles. The molecule has 1 aliphatic rings. The standard InChI is InChI=1S/C14H22BrN3O2S/c1-9-5-18(6-10(2)20-9)14(3,4)8-16-12(19)13-17-11(15)7-21-13/h7,9-10H,5-6,8H2,1-4H3,(H,16,19)/t9-,10+. The predicted octanol–water partition coefficient (Wildman–Crippen LogP) is 2.52. The molecular weight excluding hydrogens is 354 g/mol. The molecule has 0 unspecified atom stereocenters. The fraction of sp³-hybridized carbons (Fsp3) is 0.714. The zero-order valence-corrected chi connectivity index (χ0v) is 15.3. The number of hydrogen-bond donors (Lipinski definition) is 1. The van der Waals surface area contributed by atoms with Crippen LogP contribution >= 0.6 is 27.3 Å². The van der Waals surface area contributed by atoms with Crippen LogP contribution in [0, 0.1) is 0 Å². The molecular formula is C14H22BrN3O2S. The first-order valence-corrected chi connectivity index (χ1v) is 8.75. The molecule has 1 aliphatic heterocycles. The Morgan fingerprint density at radius 2 is 2.14 bits per heavy atom. The van der Waals surface area contributed by atoms with Gasteiger partial charge in [0.25, 0.3) is 5.91 Å². The van der Waals surface area contributed by atoms with Gasteiger partial charge in [-0.1, -0.05) is 0 Å². The van der Waals surface area contributed by atoms with Gasteiger partial charge in [-0.25, -0.2) is 4.98 Å². The zero-order valence-electron chi connectivity index (χ0n) is 12.9. The highest BCUT2D eigenvalue weighted by Gasteiger charge is 2.33. The van der Waals surface area contributed by atoms with Gasteiger partial charge < -0.3 is 10.1 Å². The molecule has 2 heterocycles. The van der Waals surface area contributed by atoms with E-state index in [1.807, 2.05) is 5.38 Å². The van der Waals surface area contributed by atoms with E-state index in [-0.39, 0.29) is 23.7 Å². The second-order valence-corrected chi connectivity index (χ2v) is 7.80. The van der Waals surface area contributed by atoms with Gasteiger partial charge in [0.1, 0.15) is 4.60 Å². The van der Waals surface area contributed by atoms with Crippen molar-refractivity contribution in [3.63, 3.8) is 0 Å². The van der Waals surface area contributed by atoms with E-state index in [9.17, 15) is 4.79 Å². The molecule has 1 aromatic rings. The maximum atomic E-state index is 12.1. The number of thiazole rings is 1. The van der Waals surface area contributed by atoms with Gasteiger partial charge in [-0.15, -0.1) is 11.3 Å². The Kier molecular flexibility index (Phi) is 5.40. The van der Waals surface area contributed by atoms with Crippen molar-refractivity contribution in [3.05, 3.63) is 15.0 Å². The Hall–Kier alpha value is -0.500. The average molecular weight is 376 g/mol. The van der Waals surface area contributed by atoms with Gasteiger partial charge in [0.2, 0.25) is 0 Å². The lowest BCUT2D eigenvalue weighted by atomic mass is 10.00. The Bertz CT molecular complexity index is 496. The van der Waals surface area contributed by atoms with Crippen LogP contribution in [0.4, 0.5) is 0 Å². The van der Waals surface area contributed by atoms with Crippen molar-refractivity contribution in [2.45, 2.75) is 45.4 Å². The number of carbonyl (C=O) groups excluding carboxylic acids is 1. The number of morpholine rings is 1. The molecule has 1 N–H and O–H groups in total. The fourth-order valence-corrected chi connectivity index (χ4v) is 3.68. The topological polar surface area (TPSA) is 54.5 Å². The molecule has 0 aliphatic carbocycles. The van der Waals surface area contributed by atoms with Gasteiger partial charge in [-0.05, 0) is 43.6 Å². The molecule has 7 heteroatoms. The van der Waals surface area contributed by atoms with Crippen LogP contribution in [0.15, 0.2) is 9.98 Å². The molecule has 0 spiro atoms. The lowest BCUT2D eigenvalue weighted by Gasteiger charge is -2.45. The Morgan fingerprint density at radius 1 is 1.52 bits per heavy atom. The molecule has 0 aromatic carbocycles. The van der Waals surface area contributed by atoms with Crippen LogP contribution in [-0.4, -0.2) is 53.2 Å². The normalized spacial score (nSPS) is 24.0. The molecule has 2 atom stereocenters. The van der Waals surface area contributed by atoms with Crippen LogP contribution in [0.3, 0.4) is 0 Å².